The molecule has 1 aliphatic carbocycles. The summed E-state index contributed by atoms with van der Waals surface area (Å²) in [6.07, 6.45) is 5.46. The lowest BCUT2D eigenvalue weighted by Gasteiger charge is -2.27. The van der Waals surface area contributed by atoms with Crippen LogP contribution in [0.15, 0.2) is 17.1 Å². The molecule has 1 fully saturated rings. The molecule has 1 aromatic heterocycles. The van der Waals surface area contributed by atoms with E-state index >= 15 is 0 Å². The number of methoxy groups -OCH3 is 1. The van der Waals surface area contributed by atoms with Crippen molar-refractivity contribution in [1.29, 1.82) is 0 Å². The van der Waals surface area contributed by atoms with Crippen LogP contribution < -0.4 is 10.6 Å². The van der Waals surface area contributed by atoms with E-state index in [-0.39, 0.29) is 29.4 Å². The molecule has 2 rings (SSSR count). The van der Waals surface area contributed by atoms with E-state index in [0.29, 0.717) is 10.9 Å². The van der Waals surface area contributed by atoms with E-state index in [1.54, 1.807) is 7.11 Å². The highest BCUT2D eigenvalue weighted by atomic mass is 127. The van der Waals surface area contributed by atoms with Crippen LogP contribution in [0.4, 0.5) is 0 Å². The minimum Gasteiger partial charge on any atom is -0.386 e. The number of aliphatic hydroxyl groups excluding tert-OH is 1. The first kappa shape index (κ1) is 23.9. The molecule has 3 N–H and O–H groups in total. The summed E-state index contributed by atoms with van der Waals surface area (Å²) in [6, 6.07) is 3.67. The van der Waals surface area contributed by atoms with Gasteiger partial charge in [0.15, 0.2) is 5.96 Å². The first-order chi connectivity index (χ1) is 12.1. The summed E-state index contributed by atoms with van der Waals surface area (Å²) >= 11 is 7.34. The molecule has 1 heterocycles. The topological polar surface area (TPSA) is 65.9 Å². The number of rotatable bonds is 9. The SMILES string of the molecule is CCNC(=NCC1(CCOC)CCCC1)NCC(O)c1ccc(Cl)s1.I. The van der Waals surface area contributed by atoms with Crippen molar-refractivity contribution in [1.82, 2.24) is 10.6 Å². The van der Waals surface area contributed by atoms with Crippen LogP contribution in [0.2, 0.25) is 4.34 Å². The highest BCUT2D eigenvalue weighted by Gasteiger charge is 2.33. The first-order valence-corrected chi connectivity index (χ1v) is 10.2. The molecule has 26 heavy (non-hydrogen) atoms. The Hall–Kier alpha value is -0.0900. The number of aliphatic hydroxyl groups is 1. The van der Waals surface area contributed by atoms with Gasteiger partial charge < -0.3 is 20.5 Å². The Bertz CT molecular complexity index is 550. The fourth-order valence-corrected chi connectivity index (χ4v) is 4.37. The van der Waals surface area contributed by atoms with Crippen LogP contribution in [0.25, 0.3) is 0 Å². The lowest BCUT2D eigenvalue weighted by Crippen LogP contribution is -2.40. The van der Waals surface area contributed by atoms with Crippen LogP contribution in [0.3, 0.4) is 0 Å². The maximum Gasteiger partial charge on any atom is 0.191 e. The van der Waals surface area contributed by atoms with Crippen molar-refractivity contribution in [3.8, 4) is 0 Å². The van der Waals surface area contributed by atoms with E-state index in [2.05, 4.69) is 10.6 Å². The minimum atomic E-state index is -0.588. The zero-order chi connectivity index (χ0) is 18.1. The van der Waals surface area contributed by atoms with Gasteiger partial charge in [-0.3, -0.25) is 4.99 Å². The van der Waals surface area contributed by atoms with Gasteiger partial charge in [-0.05, 0) is 43.7 Å². The van der Waals surface area contributed by atoms with Crippen molar-refractivity contribution in [3.63, 3.8) is 0 Å². The molecule has 1 saturated carbocycles. The molecule has 0 aromatic carbocycles. The van der Waals surface area contributed by atoms with Crippen LogP contribution in [-0.4, -0.2) is 44.4 Å². The second-order valence-corrected chi connectivity index (χ2v) is 8.43. The van der Waals surface area contributed by atoms with Gasteiger partial charge in [0.2, 0.25) is 0 Å². The summed E-state index contributed by atoms with van der Waals surface area (Å²) in [5, 5.41) is 16.8. The molecule has 0 saturated heterocycles. The van der Waals surface area contributed by atoms with E-state index in [1.165, 1.54) is 37.0 Å². The molecule has 0 bridgehead atoms. The van der Waals surface area contributed by atoms with Crippen molar-refractivity contribution in [2.24, 2.45) is 10.4 Å². The molecule has 5 nitrogen and oxygen atoms in total. The summed E-state index contributed by atoms with van der Waals surface area (Å²) in [7, 11) is 1.76. The molecular weight excluding hydrogens is 485 g/mol. The number of guanidine groups is 1. The van der Waals surface area contributed by atoms with E-state index < -0.39 is 6.10 Å². The minimum absolute atomic E-state index is 0. The lowest BCUT2D eigenvalue weighted by molar-refractivity contribution is 0.141. The number of aliphatic imine (C=N–C) groups is 1. The van der Waals surface area contributed by atoms with Gasteiger partial charge in [0, 0.05) is 38.2 Å². The maximum atomic E-state index is 10.3. The third-order valence-corrected chi connectivity index (χ3v) is 6.14. The molecule has 0 spiro atoms. The average molecular weight is 516 g/mol. The Labute approximate surface area is 183 Å². The smallest absolute Gasteiger partial charge is 0.191 e. The molecular formula is C18H31ClIN3O2S. The number of hydrogen-bond donors (Lipinski definition) is 3. The van der Waals surface area contributed by atoms with E-state index in [1.807, 2.05) is 19.1 Å². The molecule has 1 atom stereocenters. The third-order valence-electron chi connectivity index (χ3n) is 4.80. The Morgan fingerprint density at radius 3 is 2.69 bits per heavy atom. The number of ether oxygens (including phenoxy) is 1. The highest BCUT2D eigenvalue weighted by Crippen LogP contribution is 2.41. The largest absolute Gasteiger partial charge is 0.386 e. The lowest BCUT2D eigenvalue weighted by atomic mass is 9.83. The summed E-state index contributed by atoms with van der Waals surface area (Å²) in [6.45, 7) is 4.83. The van der Waals surface area contributed by atoms with Gasteiger partial charge in [0.1, 0.15) is 6.10 Å². The zero-order valence-corrected chi connectivity index (χ0v) is 19.5. The Kier molecular flexibility index (Phi) is 11.4. The van der Waals surface area contributed by atoms with Crippen LogP contribution in [0.5, 0.6) is 0 Å². The number of nitrogens with zero attached hydrogens (tertiary/aromatic N) is 1. The fourth-order valence-electron chi connectivity index (χ4n) is 3.32. The Morgan fingerprint density at radius 2 is 2.12 bits per heavy atom. The Balaban J connectivity index is 0.00000338. The van der Waals surface area contributed by atoms with Crippen LogP contribution in [0, 0.1) is 5.41 Å². The predicted octanol–water partition coefficient (Wildman–Crippen LogP) is 4.20. The summed E-state index contributed by atoms with van der Waals surface area (Å²) in [4.78, 5) is 5.66. The van der Waals surface area contributed by atoms with E-state index in [9.17, 15) is 5.11 Å². The second-order valence-electron chi connectivity index (χ2n) is 6.68. The van der Waals surface area contributed by atoms with Crippen molar-refractivity contribution < 1.29 is 9.84 Å². The van der Waals surface area contributed by atoms with E-state index in [4.69, 9.17) is 21.3 Å². The van der Waals surface area contributed by atoms with Gasteiger partial charge in [0.25, 0.3) is 0 Å². The maximum absolute atomic E-state index is 10.3. The summed E-state index contributed by atoms with van der Waals surface area (Å²) < 4.78 is 5.98. The van der Waals surface area contributed by atoms with Gasteiger partial charge in [-0.25, -0.2) is 0 Å². The highest BCUT2D eigenvalue weighted by molar-refractivity contribution is 14.0. The standard InChI is InChI=1S/C18H30ClN3O2S.HI/c1-3-20-17(21-12-14(23)15-6-7-16(19)25-15)22-13-18(10-11-24-2)8-4-5-9-18;/h6-7,14,23H,3-5,8-13H2,1-2H3,(H2,20,21,22);1H. The molecule has 1 aliphatic rings. The van der Waals surface area contributed by atoms with Gasteiger partial charge in [-0.1, -0.05) is 24.4 Å². The molecule has 8 heteroatoms. The quantitative estimate of drug-likeness (QED) is 0.262. The monoisotopic (exact) mass is 515 g/mol. The van der Waals surface area contributed by atoms with Crippen molar-refractivity contribution in [2.75, 3.05) is 33.4 Å². The third kappa shape index (κ3) is 7.50. The zero-order valence-electron chi connectivity index (χ0n) is 15.6. The summed E-state index contributed by atoms with van der Waals surface area (Å²) in [5.41, 5.74) is 0.262. The fraction of sp³-hybridized carbons (Fsp3) is 0.722. The van der Waals surface area contributed by atoms with Gasteiger partial charge in [-0.15, -0.1) is 35.3 Å². The second kappa shape index (κ2) is 12.4. The molecule has 1 unspecified atom stereocenters. The summed E-state index contributed by atoms with van der Waals surface area (Å²) in [5.74, 6) is 0.757. The molecule has 0 amide bonds. The first-order valence-electron chi connectivity index (χ1n) is 9.03. The van der Waals surface area contributed by atoms with Gasteiger partial charge in [-0.2, -0.15) is 0 Å². The average Bonchev–Trinajstić information content (AvgIpc) is 3.25. The molecule has 0 aliphatic heterocycles. The van der Waals surface area contributed by atoms with Crippen LogP contribution >= 0.6 is 46.9 Å². The molecule has 1 aromatic rings. The van der Waals surface area contributed by atoms with Gasteiger partial charge in [0.05, 0.1) is 4.34 Å². The van der Waals surface area contributed by atoms with Crippen molar-refractivity contribution >= 4 is 52.9 Å². The number of halogens is 2. The van der Waals surface area contributed by atoms with Crippen molar-refractivity contribution in [3.05, 3.63) is 21.3 Å². The molecule has 150 valence electrons. The van der Waals surface area contributed by atoms with Gasteiger partial charge >= 0.3 is 0 Å². The normalized spacial score (nSPS) is 17.6. The number of thiophene rings is 1. The number of hydrogen-bond acceptors (Lipinski definition) is 4. The number of nitrogens with one attached hydrogen (secondary N) is 2. The van der Waals surface area contributed by atoms with E-state index in [0.717, 1.165) is 37.0 Å². The van der Waals surface area contributed by atoms with Crippen LogP contribution in [-0.2, 0) is 4.74 Å². The van der Waals surface area contributed by atoms with Crippen LogP contribution in [0.1, 0.15) is 50.0 Å². The van der Waals surface area contributed by atoms with Crippen molar-refractivity contribution in [2.45, 2.75) is 45.1 Å². The predicted molar refractivity (Wildman–Crippen MR) is 121 cm³/mol. The Morgan fingerprint density at radius 1 is 1.38 bits per heavy atom. The molecule has 0 radical (unpaired) electrons.